The third kappa shape index (κ3) is 3.67. The van der Waals surface area contributed by atoms with Crippen LogP contribution in [0.1, 0.15) is 5.56 Å². The number of ether oxygens (including phenoxy) is 2. The zero-order valence-corrected chi connectivity index (χ0v) is 12.6. The summed E-state index contributed by atoms with van der Waals surface area (Å²) in [5.41, 5.74) is 3.56. The molecule has 0 unspecified atom stereocenters. The summed E-state index contributed by atoms with van der Waals surface area (Å²) in [6, 6.07) is 5.47. The second-order valence-corrected chi connectivity index (χ2v) is 4.62. The molecule has 1 aromatic heterocycles. The van der Waals surface area contributed by atoms with Crippen molar-refractivity contribution in [2.75, 3.05) is 19.6 Å². The lowest BCUT2D eigenvalue weighted by Gasteiger charge is -2.06. The Morgan fingerprint density at radius 3 is 2.60 bits per heavy atom. The van der Waals surface area contributed by atoms with Crippen LogP contribution < -0.4 is 14.9 Å². The van der Waals surface area contributed by atoms with Crippen molar-refractivity contribution in [3.63, 3.8) is 0 Å². The molecule has 1 N–H and O–H groups in total. The zero-order chi connectivity index (χ0) is 14.4. The van der Waals surface area contributed by atoms with Gasteiger partial charge in [0.15, 0.2) is 0 Å². The lowest BCUT2D eigenvalue weighted by Crippen LogP contribution is -1.97. The quantitative estimate of drug-likeness (QED) is 0.671. The minimum absolute atomic E-state index is 0.414. The third-order valence-electron chi connectivity index (χ3n) is 2.43. The second-order valence-electron chi connectivity index (χ2n) is 3.70. The van der Waals surface area contributed by atoms with E-state index < -0.39 is 0 Å². The number of methoxy groups -OCH3 is 2. The molecule has 0 aliphatic carbocycles. The van der Waals surface area contributed by atoms with Gasteiger partial charge in [-0.05, 0) is 28.1 Å². The Morgan fingerprint density at radius 2 is 1.95 bits per heavy atom. The zero-order valence-electron chi connectivity index (χ0n) is 11.0. The number of hydrazone groups is 1. The van der Waals surface area contributed by atoms with Gasteiger partial charge in [0.1, 0.15) is 11.5 Å². The van der Waals surface area contributed by atoms with E-state index in [4.69, 9.17) is 9.47 Å². The maximum atomic E-state index is 5.27. The number of rotatable bonds is 5. The van der Waals surface area contributed by atoms with Crippen LogP contribution in [-0.2, 0) is 0 Å². The predicted octanol–water partition coefficient (Wildman–Crippen LogP) is 2.70. The molecular weight excluding hydrogens is 324 g/mol. The van der Waals surface area contributed by atoms with Gasteiger partial charge in [-0.3, -0.25) is 0 Å². The maximum Gasteiger partial charge on any atom is 0.243 e. The molecule has 0 spiro atoms. The first-order valence-corrected chi connectivity index (χ1v) is 6.51. The molecule has 7 heteroatoms. The highest BCUT2D eigenvalue weighted by Crippen LogP contribution is 2.23. The Morgan fingerprint density at radius 1 is 1.20 bits per heavy atom. The van der Waals surface area contributed by atoms with Crippen LogP contribution in [0.3, 0.4) is 0 Å². The highest BCUT2D eigenvalue weighted by Gasteiger charge is 2.02. The van der Waals surface area contributed by atoms with Crippen LogP contribution >= 0.6 is 15.9 Å². The topological polar surface area (TPSA) is 68.6 Å². The van der Waals surface area contributed by atoms with E-state index in [1.165, 1.54) is 0 Å². The van der Waals surface area contributed by atoms with Gasteiger partial charge in [0.25, 0.3) is 0 Å². The third-order valence-corrected chi connectivity index (χ3v) is 2.84. The number of hydrogen-bond acceptors (Lipinski definition) is 6. The van der Waals surface area contributed by atoms with Crippen molar-refractivity contribution in [3.8, 4) is 11.5 Å². The minimum atomic E-state index is 0.414. The smallest absolute Gasteiger partial charge is 0.243 e. The largest absolute Gasteiger partial charge is 0.497 e. The van der Waals surface area contributed by atoms with Gasteiger partial charge < -0.3 is 9.47 Å². The van der Waals surface area contributed by atoms with Crippen molar-refractivity contribution in [1.29, 1.82) is 0 Å². The monoisotopic (exact) mass is 336 g/mol. The molecule has 6 nitrogen and oxygen atoms in total. The molecular formula is C13H13BrN4O2. The molecule has 20 heavy (non-hydrogen) atoms. The standard InChI is InChI=1S/C13H13BrN4O2/c1-19-11-4-3-9(12(5-11)20-2)6-17-18-13-15-7-10(14)8-16-13/h3-8H,1-2H3,(H,15,16,18)/b17-6+. The molecule has 2 aromatic rings. The van der Waals surface area contributed by atoms with E-state index in [0.29, 0.717) is 11.7 Å². The number of hydrogen-bond donors (Lipinski definition) is 1. The maximum absolute atomic E-state index is 5.27. The Hall–Kier alpha value is -2.15. The van der Waals surface area contributed by atoms with E-state index in [1.807, 2.05) is 12.1 Å². The predicted molar refractivity (Wildman–Crippen MR) is 80.5 cm³/mol. The van der Waals surface area contributed by atoms with Gasteiger partial charge in [-0.15, -0.1) is 0 Å². The van der Waals surface area contributed by atoms with Gasteiger partial charge in [0, 0.05) is 24.0 Å². The average molecular weight is 337 g/mol. The number of aromatic nitrogens is 2. The molecule has 0 radical (unpaired) electrons. The normalized spacial score (nSPS) is 10.6. The van der Waals surface area contributed by atoms with E-state index in [-0.39, 0.29) is 0 Å². The van der Waals surface area contributed by atoms with Crippen molar-refractivity contribution >= 4 is 28.1 Å². The molecule has 0 saturated carbocycles. The van der Waals surface area contributed by atoms with Gasteiger partial charge in [-0.2, -0.15) is 5.10 Å². The van der Waals surface area contributed by atoms with Crippen LogP contribution in [-0.4, -0.2) is 30.4 Å². The molecule has 0 aliphatic rings. The van der Waals surface area contributed by atoms with Crippen molar-refractivity contribution in [2.45, 2.75) is 0 Å². The van der Waals surface area contributed by atoms with Crippen molar-refractivity contribution in [1.82, 2.24) is 9.97 Å². The SMILES string of the molecule is COc1ccc(/C=N/Nc2ncc(Br)cn2)c(OC)c1. The van der Waals surface area contributed by atoms with Crippen molar-refractivity contribution < 1.29 is 9.47 Å². The fourth-order valence-corrected chi connectivity index (χ4v) is 1.66. The molecule has 1 aromatic carbocycles. The summed E-state index contributed by atoms with van der Waals surface area (Å²) >= 11 is 3.26. The van der Waals surface area contributed by atoms with Gasteiger partial charge >= 0.3 is 0 Å². The van der Waals surface area contributed by atoms with Gasteiger partial charge in [0.2, 0.25) is 5.95 Å². The average Bonchev–Trinajstić information content (AvgIpc) is 2.49. The lowest BCUT2D eigenvalue weighted by atomic mass is 10.2. The first-order chi connectivity index (χ1) is 9.72. The summed E-state index contributed by atoms with van der Waals surface area (Å²) in [6.45, 7) is 0. The molecule has 0 saturated heterocycles. The van der Waals surface area contributed by atoms with Crippen LogP contribution in [0.5, 0.6) is 11.5 Å². The molecule has 0 amide bonds. The van der Waals surface area contributed by atoms with E-state index in [0.717, 1.165) is 15.8 Å². The van der Waals surface area contributed by atoms with Gasteiger partial charge in [0.05, 0.1) is 24.9 Å². The summed E-state index contributed by atoms with van der Waals surface area (Å²) in [5, 5.41) is 4.07. The Kier molecular flexibility index (Phi) is 4.89. The van der Waals surface area contributed by atoms with E-state index in [1.54, 1.807) is 38.9 Å². The number of nitrogens with one attached hydrogen (secondary N) is 1. The molecule has 0 atom stereocenters. The van der Waals surface area contributed by atoms with Crippen LogP contribution in [0.2, 0.25) is 0 Å². The molecule has 2 rings (SSSR count). The fraction of sp³-hybridized carbons (Fsp3) is 0.154. The highest BCUT2D eigenvalue weighted by atomic mass is 79.9. The molecule has 0 fully saturated rings. The summed E-state index contributed by atoms with van der Waals surface area (Å²) in [6.07, 6.45) is 4.90. The summed E-state index contributed by atoms with van der Waals surface area (Å²) in [4.78, 5) is 8.09. The Labute approximate surface area is 125 Å². The summed E-state index contributed by atoms with van der Waals surface area (Å²) < 4.78 is 11.2. The Bertz CT molecular complexity index is 602. The first-order valence-electron chi connectivity index (χ1n) is 5.71. The lowest BCUT2D eigenvalue weighted by molar-refractivity contribution is 0.394. The fourth-order valence-electron chi connectivity index (χ4n) is 1.45. The van der Waals surface area contributed by atoms with Crippen LogP contribution in [0.25, 0.3) is 0 Å². The number of anilines is 1. The van der Waals surface area contributed by atoms with Crippen LogP contribution in [0, 0.1) is 0 Å². The molecule has 104 valence electrons. The molecule has 1 heterocycles. The highest BCUT2D eigenvalue weighted by molar-refractivity contribution is 9.10. The minimum Gasteiger partial charge on any atom is -0.497 e. The molecule has 0 bridgehead atoms. The van der Waals surface area contributed by atoms with E-state index in [2.05, 4.69) is 36.4 Å². The van der Waals surface area contributed by atoms with Gasteiger partial charge in [-0.1, -0.05) is 0 Å². The first kappa shape index (κ1) is 14.3. The molecule has 0 aliphatic heterocycles. The van der Waals surface area contributed by atoms with E-state index in [9.17, 15) is 0 Å². The second kappa shape index (κ2) is 6.85. The van der Waals surface area contributed by atoms with E-state index >= 15 is 0 Å². The van der Waals surface area contributed by atoms with Gasteiger partial charge in [-0.25, -0.2) is 15.4 Å². The number of benzene rings is 1. The number of halogens is 1. The van der Waals surface area contributed by atoms with Crippen molar-refractivity contribution in [2.24, 2.45) is 5.10 Å². The number of nitrogens with zero attached hydrogens (tertiary/aromatic N) is 3. The van der Waals surface area contributed by atoms with Crippen LogP contribution in [0.15, 0.2) is 40.2 Å². The summed E-state index contributed by atoms with van der Waals surface area (Å²) in [5.74, 6) is 1.81. The van der Waals surface area contributed by atoms with Crippen molar-refractivity contribution in [3.05, 3.63) is 40.6 Å². The Balaban J connectivity index is 2.09. The van der Waals surface area contributed by atoms with Crippen LogP contribution in [0.4, 0.5) is 5.95 Å². The summed E-state index contributed by atoms with van der Waals surface area (Å²) in [7, 11) is 3.20.